The smallest absolute Gasteiger partial charge is 0.245 e. The van der Waals surface area contributed by atoms with Crippen LogP contribution in [0.1, 0.15) is 31.9 Å². The van der Waals surface area contributed by atoms with Crippen LogP contribution in [0.5, 0.6) is 5.75 Å². The number of hydrogen-bond donors (Lipinski definition) is 0. The Kier molecular flexibility index (Phi) is 6.41. The maximum atomic E-state index is 5.45. The number of anilines is 2. The van der Waals surface area contributed by atoms with Crippen molar-refractivity contribution < 1.29 is 9.47 Å². The van der Waals surface area contributed by atoms with Crippen LogP contribution >= 0.6 is 0 Å². The molecule has 140 valence electrons. The van der Waals surface area contributed by atoms with Crippen LogP contribution < -0.4 is 9.75 Å². The summed E-state index contributed by atoms with van der Waals surface area (Å²) in [6, 6.07) is 10.3. The minimum Gasteiger partial charge on any atom is -0.497 e. The van der Waals surface area contributed by atoms with Gasteiger partial charge in [0, 0.05) is 31.6 Å². The van der Waals surface area contributed by atoms with Gasteiger partial charge in [-0.3, -0.25) is 0 Å². The van der Waals surface area contributed by atoms with Crippen LogP contribution in [0.25, 0.3) is 0 Å². The summed E-state index contributed by atoms with van der Waals surface area (Å²) >= 11 is 0. The van der Waals surface area contributed by atoms with Gasteiger partial charge in [0.15, 0.2) is 0 Å². The van der Waals surface area contributed by atoms with E-state index in [0.29, 0.717) is 18.6 Å². The molecule has 0 aliphatic carbocycles. The van der Waals surface area contributed by atoms with E-state index in [1.54, 1.807) is 14.2 Å². The van der Waals surface area contributed by atoms with Gasteiger partial charge in [-0.05, 0) is 37.5 Å². The number of benzene rings is 1. The first-order valence-electron chi connectivity index (χ1n) is 9.28. The third-order valence-corrected chi connectivity index (χ3v) is 4.66. The lowest BCUT2D eigenvalue weighted by Gasteiger charge is -2.36. The fraction of sp³-hybridized carbons (Fsp3) is 0.500. The Bertz CT molecular complexity index is 710. The van der Waals surface area contributed by atoms with Gasteiger partial charge in [-0.25, -0.2) is 20.0 Å². The molecule has 0 spiro atoms. The highest BCUT2D eigenvalue weighted by molar-refractivity contribution is 5.58. The molecular formula is C20H28N4O2. The van der Waals surface area contributed by atoms with Crippen LogP contribution in [-0.2, 0) is 11.2 Å². The maximum Gasteiger partial charge on any atom is 0.245 e. The van der Waals surface area contributed by atoms with Crippen LogP contribution in [0, 0.1) is 0 Å². The van der Waals surface area contributed by atoms with Gasteiger partial charge in [-0.15, -0.1) is 0 Å². The third-order valence-electron chi connectivity index (χ3n) is 4.66. The average Bonchev–Trinajstić information content (AvgIpc) is 3.11. The second-order valence-corrected chi connectivity index (χ2v) is 6.53. The third kappa shape index (κ3) is 4.14. The van der Waals surface area contributed by atoms with E-state index in [-0.39, 0.29) is 0 Å². The quantitative estimate of drug-likeness (QED) is 0.720. The lowest BCUT2D eigenvalue weighted by molar-refractivity contribution is 0.115. The number of aromatic nitrogens is 2. The standard InChI is InChI=1S/C20H28N4O2/c1-4-7-16-11-12-21-20(22-16)24(17-8-5-10-19(14-17)26-3)23-13-6-9-18(23)15-25-2/h5,8,10-12,14,18H,4,6-7,9,13,15H2,1-3H3/t18-/m0/s1. The van der Waals surface area contributed by atoms with Gasteiger partial charge in [-0.1, -0.05) is 19.4 Å². The van der Waals surface area contributed by atoms with E-state index in [0.717, 1.165) is 49.4 Å². The predicted molar refractivity (Wildman–Crippen MR) is 103 cm³/mol. The Balaban J connectivity index is 2.02. The number of aryl methyl sites for hydroxylation is 1. The van der Waals surface area contributed by atoms with E-state index in [9.17, 15) is 0 Å². The van der Waals surface area contributed by atoms with Crippen LogP contribution in [0.3, 0.4) is 0 Å². The summed E-state index contributed by atoms with van der Waals surface area (Å²) < 4.78 is 10.9. The normalized spacial score (nSPS) is 17.4. The predicted octanol–water partition coefficient (Wildman–Crippen LogP) is 3.60. The van der Waals surface area contributed by atoms with Crippen LogP contribution in [0.4, 0.5) is 11.6 Å². The Morgan fingerprint density at radius 1 is 1.27 bits per heavy atom. The van der Waals surface area contributed by atoms with Gasteiger partial charge >= 0.3 is 0 Å². The number of methoxy groups -OCH3 is 2. The highest BCUT2D eigenvalue weighted by Gasteiger charge is 2.32. The van der Waals surface area contributed by atoms with E-state index in [4.69, 9.17) is 14.5 Å². The van der Waals surface area contributed by atoms with Crippen LogP contribution in [-0.4, -0.2) is 48.4 Å². The molecule has 6 heteroatoms. The number of rotatable bonds is 8. The summed E-state index contributed by atoms with van der Waals surface area (Å²) in [5.74, 6) is 1.52. The molecule has 0 saturated carbocycles. The molecule has 0 amide bonds. The zero-order valence-electron chi connectivity index (χ0n) is 15.9. The lowest BCUT2D eigenvalue weighted by atomic mass is 10.2. The first-order valence-corrected chi connectivity index (χ1v) is 9.28. The molecule has 0 radical (unpaired) electrons. The second-order valence-electron chi connectivity index (χ2n) is 6.53. The largest absolute Gasteiger partial charge is 0.497 e. The fourth-order valence-electron chi connectivity index (χ4n) is 3.45. The molecule has 6 nitrogen and oxygen atoms in total. The van der Waals surface area contributed by atoms with Crippen LogP contribution in [0.2, 0.25) is 0 Å². The SMILES string of the molecule is CCCc1ccnc(N(c2cccc(OC)c2)N2CCC[C@H]2COC)n1. The number of nitrogens with zero attached hydrogens (tertiary/aromatic N) is 4. The zero-order valence-corrected chi connectivity index (χ0v) is 15.9. The van der Waals surface area contributed by atoms with Crippen molar-refractivity contribution in [2.24, 2.45) is 0 Å². The molecule has 1 saturated heterocycles. The number of hydrogen-bond acceptors (Lipinski definition) is 6. The second kappa shape index (κ2) is 8.96. The highest BCUT2D eigenvalue weighted by atomic mass is 16.5. The summed E-state index contributed by atoms with van der Waals surface area (Å²) in [6.45, 7) is 3.80. The summed E-state index contributed by atoms with van der Waals surface area (Å²) in [5, 5.41) is 4.45. The van der Waals surface area contributed by atoms with Crippen molar-refractivity contribution in [2.75, 3.05) is 32.4 Å². The van der Waals surface area contributed by atoms with Crippen molar-refractivity contribution in [3.05, 3.63) is 42.2 Å². The Labute approximate surface area is 155 Å². The molecule has 1 aliphatic heterocycles. The Hall–Kier alpha value is -2.18. The number of hydrazine groups is 1. The fourth-order valence-corrected chi connectivity index (χ4v) is 3.45. The Morgan fingerprint density at radius 2 is 2.15 bits per heavy atom. The molecule has 2 aromatic rings. The highest BCUT2D eigenvalue weighted by Crippen LogP contribution is 2.32. The molecule has 1 fully saturated rings. The van der Waals surface area contributed by atoms with E-state index in [2.05, 4.69) is 28.0 Å². The van der Waals surface area contributed by atoms with Crippen molar-refractivity contribution in [3.63, 3.8) is 0 Å². The summed E-state index contributed by atoms with van der Waals surface area (Å²) in [5.41, 5.74) is 2.06. The molecule has 0 bridgehead atoms. The average molecular weight is 356 g/mol. The van der Waals surface area contributed by atoms with E-state index >= 15 is 0 Å². The minimum absolute atomic E-state index is 0.310. The molecule has 1 atom stereocenters. The van der Waals surface area contributed by atoms with Crippen molar-refractivity contribution in [1.29, 1.82) is 0 Å². The molecular weight excluding hydrogens is 328 g/mol. The van der Waals surface area contributed by atoms with Gasteiger partial charge < -0.3 is 9.47 Å². The van der Waals surface area contributed by atoms with Crippen molar-refractivity contribution >= 4 is 11.6 Å². The van der Waals surface area contributed by atoms with Crippen molar-refractivity contribution in [1.82, 2.24) is 15.0 Å². The molecule has 1 aromatic heterocycles. The summed E-state index contributed by atoms with van der Waals surface area (Å²) in [4.78, 5) is 9.41. The van der Waals surface area contributed by atoms with Gasteiger partial charge in [0.25, 0.3) is 0 Å². The molecule has 0 N–H and O–H groups in total. The molecule has 3 rings (SSSR count). The Morgan fingerprint density at radius 3 is 2.92 bits per heavy atom. The number of ether oxygens (including phenoxy) is 2. The molecule has 26 heavy (non-hydrogen) atoms. The summed E-state index contributed by atoms with van der Waals surface area (Å²) in [6.07, 6.45) is 6.09. The minimum atomic E-state index is 0.310. The van der Waals surface area contributed by atoms with Gasteiger partial charge in [0.1, 0.15) is 5.75 Å². The maximum absolute atomic E-state index is 5.45. The van der Waals surface area contributed by atoms with Crippen molar-refractivity contribution in [2.45, 2.75) is 38.6 Å². The first kappa shape index (κ1) is 18.6. The van der Waals surface area contributed by atoms with Gasteiger partial charge in [0.2, 0.25) is 5.95 Å². The van der Waals surface area contributed by atoms with E-state index in [1.165, 1.54) is 0 Å². The lowest BCUT2D eigenvalue weighted by Crippen LogP contribution is -2.45. The molecule has 1 aromatic carbocycles. The van der Waals surface area contributed by atoms with E-state index in [1.807, 2.05) is 30.5 Å². The first-order chi connectivity index (χ1) is 12.8. The molecule has 0 unspecified atom stereocenters. The zero-order chi connectivity index (χ0) is 18.4. The van der Waals surface area contributed by atoms with Crippen molar-refractivity contribution in [3.8, 4) is 5.75 Å². The monoisotopic (exact) mass is 356 g/mol. The topological polar surface area (TPSA) is 50.7 Å². The van der Waals surface area contributed by atoms with Gasteiger partial charge in [-0.2, -0.15) is 0 Å². The summed E-state index contributed by atoms with van der Waals surface area (Å²) in [7, 11) is 3.44. The molecule has 1 aliphatic rings. The van der Waals surface area contributed by atoms with E-state index < -0.39 is 0 Å². The van der Waals surface area contributed by atoms with Gasteiger partial charge in [0.05, 0.1) is 25.4 Å². The molecule has 2 heterocycles. The van der Waals surface area contributed by atoms with Crippen LogP contribution in [0.15, 0.2) is 36.5 Å².